The lowest BCUT2D eigenvalue weighted by molar-refractivity contribution is 0.144. The van der Waals surface area contributed by atoms with Crippen molar-refractivity contribution < 1.29 is 9.90 Å². The Morgan fingerprint density at radius 2 is 2.09 bits per heavy atom. The van der Waals surface area contributed by atoms with Crippen LogP contribution in [0.4, 0.5) is 10.5 Å². The van der Waals surface area contributed by atoms with Crippen LogP contribution in [0.2, 0.25) is 5.02 Å². The first kappa shape index (κ1) is 15.3. The maximum absolute atomic E-state index is 12.1. The lowest BCUT2D eigenvalue weighted by Crippen LogP contribution is -2.36. The minimum absolute atomic E-state index is 0.275. The van der Waals surface area contributed by atoms with E-state index in [4.69, 9.17) is 16.9 Å². The van der Waals surface area contributed by atoms with Gasteiger partial charge in [0.25, 0.3) is 0 Å². The zero-order chi connectivity index (χ0) is 16.4. The largest absolute Gasteiger partial charge is 0.390 e. The van der Waals surface area contributed by atoms with E-state index in [1.165, 1.54) is 12.1 Å². The van der Waals surface area contributed by atoms with Crippen LogP contribution in [0.3, 0.4) is 0 Å². The summed E-state index contributed by atoms with van der Waals surface area (Å²) >= 11 is 5.94. The normalized spacial score (nSPS) is 18.8. The molecule has 23 heavy (non-hydrogen) atoms. The van der Waals surface area contributed by atoms with Gasteiger partial charge in [-0.25, -0.2) is 4.79 Å². The van der Waals surface area contributed by atoms with Crippen LogP contribution in [0.5, 0.6) is 0 Å². The predicted molar refractivity (Wildman–Crippen MR) is 87.2 cm³/mol. The molecule has 0 spiro atoms. The van der Waals surface area contributed by atoms with Crippen molar-refractivity contribution in [2.24, 2.45) is 0 Å². The molecule has 2 aromatic rings. The molecule has 0 aliphatic heterocycles. The van der Waals surface area contributed by atoms with E-state index < -0.39 is 18.2 Å². The van der Waals surface area contributed by atoms with Crippen molar-refractivity contribution in [2.75, 3.05) is 5.32 Å². The van der Waals surface area contributed by atoms with Gasteiger partial charge in [-0.15, -0.1) is 0 Å². The summed E-state index contributed by atoms with van der Waals surface area (Å²) in [5.74, 6) is 0. The number of anilines is 1. The molecule has 0 heterocycles. The Kier molecular flexibility index (Phi) is 4.20. The van der Waals surface area contributed by atoms with Gasteiger partial charge in [0.05, 0.1) is 22.7 Å². The average Bonchev–Trinajstić information content (AvgIpc) is 2.83. The van der Waals surface area contributed by atoms with Crippen LogP contribution in [0.1, 0.15) is 22.7 Å². The molecule has 0 aromatic heterocycles. The predicted octanol–water partition coefficient (Wildman–Crippen LogP) is 2.99. The number of carbonyl (C=O) groups is 1. The van der Waals surface area contributed by atoms with E-state index in [1.807, 2.05) is 30.3 Å². The van der Waals surface area contributed by atoms with Gasteiger partial charge in [-0.2, -0.15) is 5.26 Å². The van der Waals surface area contributed by atoms with Crippen molar-refractivity contribution in [1.82, 2.24) is 5.32 Å². The lowest BCUT2D eigenvalue weighted by atomic mass is 10.1. The molecule has 2 amide bonds. The van der Waals surface area contributed by atoms with E-state index in [0.29, 0.717) is 17.7 Å². The van der Waals surface area contributed by atoms with E-state index in [2.05, 4.69) is 10.6 Å². The van der Waals surface area contributed by atoms with Crippen LogP contribution < -0.4 is 10.6 Å². The summed E-state index contributed by atoms with van der Waals surface area (Å²) < 4.78 is 0. The summed E-state index contributed by atoms with van der Waals surface area (Å²) in [6.07, 6.45) is -0.133. The van der Waals surface area contributed by atoms with Crippen molar-refractivity contribution in [3.63, 3.8) is 0 Å². The number of nitrogens with zero attached hydrogens (tertiary/aromatic N) is 1. The zero-order valence-corrected chi connectivity index (χ0v) is 12.8. The number of benzene rings is 2. The Bertz CT molecular complexity index is 801. The number of aliphatic hydroxyl groups excluding tert-OH is 1. The molecule has 5 nitrogen and oxygen atoms in total. The first-order valence-corrected chi connectivity index (χ1v) is 7.49. The molecule has 2 atom stereocenters. The van der Waals surface area contributed by atoms with E-state index in [0.717, 1.165) is 11.1 Å². The van der Waals surface area contributed by atoms with Crippen molar-refractivity contribution in [3.05, 3.63) is 64.2 Å². The number of amides is 2. The summed E-state index contributed by atoms with van der Waals surface area (Å²) in [4.78, 5) is 12.1. The first-order valence-electron chi connectivity index (χ1n) is 7.11. The molecule has 0 fully saturated rings. The van der Waals surface area contributed by atoms with Gasteiger partial charge in [-0.3, -0.25) is 0 Å². The maximum atomic E-state index is 12.1. The molecule has 1 aliphatic rings. The number of urea groups is 1. The number of fused-ring (bicyclic) bond motifs is 1. The van der Waals surface area contributed by atoms with Gasteiger partial charge >= 0.3 is 6.03 Å². The maximum Gasteiger partial charge on any atom is 0.319 e. The highest BCUT2D eigenvalue weighted by atomic mass is 35.5. The Balaban J connectivity index is 1.71. The fraction of sp³-hybridized carbons (Fsp3) is 0.176. The summed E-state index contributed by atoms with van der Waals surface area (Å²) in [5, 5.41) is 24.7. The first-order chi connectivity index (χ1) is 11.1. The highest BCUT2D eigenvalue weighted by Gasteiger charge is 2.31. The molecule has 116 valence electrons. The van der Waals surface area contributed by atoms with Crippen molar-refractivity contribution in [2.45, 2.75) is 18.6 Å². The second-order valence-corrected chi connectivity index (χ2v) is 5.76. The second kappa shape index (κ2) is 6.29. The van der Waals surface area contributed by atoms with Gasteiger partial charge in [0, 0.05) is 12.1 Å². The fourth-order valence-electron chi connectivity index (χ4n) is 2.74. The SMILES string of the molecule is N#Cc1ccc(NC(=O)N[C@H]2c3ccccc3C[C@H]2O)cc1Cl. The van der Waals surface area contributed by atoms with Crippen LogP contribution in [-0.4, -0.2) is 17.2 Å². The Labute approximate surface area is 138 Å². The minimum atomic E-state index is -0.650. The standard InChI is InChI=1S/C17H14ClN3O2/c18-14-8-12(6-5-11(14)9-19)20-17(23)21-16-13-4-2-1-3-10(13)7-15(16)22/h1-6,8,15-16,22H,7H2,(H2,20,21,23)/t15-,16+/m1/s1. The molecule has 0 unspecified atom stereocenters. The number of nitrogens with one attached hydrogen (secondary N) is 2. The molecule has 2 aromatic carbocycles. The van der Waals surface area contributed by atoms with Gasteiger partial charge < -0.3 is 15.7 Å². The molecule has 3 N–H and O–H groups in total. The van der Waals surface area contributed by atoms with E-state index in [1.54, 1.807) is 6.07 Å². The molecule has 6 heteroatoms. The topological polar surface area (TPSA) is 85.2 Å². The lowest BCUT2D eigenvalue weighted by Gasteiger charge is -2.18. The van der Waals surface area contributed by atoms with Crippen LogP contribution in [0.15, 0.2) is 42.5 Å². The quantitative estimate of drug-likeness (QED) is 0.792. The fourth-order valence-corrected chi connectivity index (χ4v) is 2.96. The summed E-state index contributed by atoms with van der Waals surface area (Å²) in [6.45, 7) is 0. The molecular formula is C17H14ClN3O2. The number of nitriles is 1. The van der Waals surface area contributed by atoms with E-state index >= 15 is 0 Å². The highest BCUT2D eigenvalue weighted by Crippen LogP contribution is 2.31. The van der Waals surface area contributed by atoms with Crippen molar-refractivity contribution in [3.8, 4) is 6.07 Å². The zero-order valence-electron chi connectivity index (χ0n) is 12.1. The number of hydrogen-bond acceptors (Lipinski definition) is 3. The molecule has 0 saturated heterocycles. The third-order valence-electron chi connectivity index (χ3n) is 3.84. The number of carbonyl (C=O) groups excluding carboxylic acids is 1. The molecule has 0 radical (unpaired) electrons. The van der Waals surface area contributed by atoms with Crippen molar-refractivity contribution in [1.29, 1.82) is 5.26 Å². The third kappa shape index (κ3) is 3.14. The van der Waals surface area contributed by atoms with Crippen LogP contribution in [0, 0.1) is 11.3 Å². The minimum Gasteiger partial charge on any atom is -0.390 e. The van der Waals surface area contributed by atoms with Gasteiger partial charge in [-0.05, 0) is 29.3 Å². The monoisotopic (exact) mass is 327 g/mol. The van der Waals surface area contributed by atoms with Crippen LogP contribution in [0.25, 0.3) is 0 Å². The summed E-state index contributed by atoms with van der Waals surface area (Å²) in [6, 6.07) is 13.4. The van der Waals surface area contributed by atoms with Gasteiger partial charge in [-0.1, -0.05) is 35.9 Å². The Morgan fingerprint density at radius 3 is 2.83 bits per heavy atom. The molecule has 0 saturated carbocycles. The number of halogens is 1. The Morgan fingerprint density at radius 1 is 1.30 bits per heavy atom. The van der Waals surface area contributed by atoms with Gasteiger partial charge in [0.2, 0.25) is 0 Å². The number of rotatable bonds is 2. The van der Waals surface area contributed by atoms with Gasteiger partial charge in [0.1, 0.15) is 6.07 Å². The smallest absolute Gasteiger partial charge is 0.319 e. The molecular weight excluding hydrogens is 314 g/mol. The second-order valence-electron chi connectivity index (χ2n) is 5.35. The average molecular weight is 328 g/mol. The molecule has 0 bridgehead atoms. The van der Waals surface area contributed by atoms with Gasteiger partial charge in [0.15, 0.2) is 0 Å². The van der Waals surface area contributed by atoms with E-state index in [-0.39, 0.29) is 5.02 Å². The molecule has 3 rings (SSSR count). The summed E-state index contributed by atoms with van der Waals surface area (Å²) in [5.41, 5.74) is 2.78. The Hall–Kier alpha value is -2.55. The van der Waals surface area contributed by atoms with E-state index in [9.17, 15) is 9.90 Å². The number of aliphatic hydroxyl groups is 1. The van der Waals surface area contributed by atoms with Crippen LogP contribution >= 0.6 is 11.6 Å². The van der Waals surface area contributed by atoms with Crippen molar-refractivity contribution >= 4 is 23.3 Å². The molecule has 1 aliphatic carbocycles. The summed E-state index contributed by atoms with van der Waals surface area (Å²) in [7, 11) is 0. The third-order valence-corrected chi connectivity index (χ3v) is 4.15. The number of hydrogen-bond donors (Lipinski definition) is 3. The van der Waals surface area contributed by atoms with Crippen LogP contribution in [-0.2, 0) is 6.42 Å². The highest BCUT2D eigenvalue weighted by molar-refractivity contribution is 6.32.